The first-order chi connectivity index (χ1) is 6.28. The fourth-order valence-corrected chi connectivity index (χ4v) is 1.04. The molecule has 1 aliphatic heterocycles. The number of halogens is 1. The Balaban J connectivity index is 2.60. The molecule has 0 atom stereocenters. The second kappa shape index (κ2) is 3.68. The topological polar surface area (TPSA) is 44.8 Å². The van der Waals surface area contributed by atoms with E-state index < -0.39 is 23.6 Å². The molecule has 0 spiro atoms. The number of ether oxygens (including phenoxy) is 3. The van der Waals surface area contributed by atoms with Gasteiger partial charge in [0.05, 0.1) is 11.2 Å². The van der Waals surface area contributed by atoms with Crippen molar-refractivity contribution in [2.24, 2.45) is 0 Å². The lowest BCUT2D eigenvalue weighted by Crippen LogP contribution is -2.41. The second-order valence-electron chi connectivity index (χ2n) is 4.17. The van der Waals surface area contributed by atoms with Gasteiger partial charge in [0, 0.05) is 0 Å². The summed E-state index contributed by atoms with van der Waals surface area (Å²) in [5.74, 6) is -0.755. The molecular weight excluding hydrogens is 208 g/mol. The van der Waals surface area contributed by atoms with Gasteiger partial charge in [0.1, 0.15) is 5.88 Å². The minimum Gasteiger partial charge on any atom is -0.409 e. The third kappa shape index (κ3) is 2.19. The van der Waals surface area contributed by atoms with E-state index in [-0.39, 0.29) is 5.88 Å². The van der Waals surface area contributed by atoms with Crippen molar-refractivity contribution in [3.05, 3.63) is 0 Å². The molecule has 82 valence electrons. The molecule has 0 bridgehead atoms. The maximum absolute atomic E-state index is 10.9. The van der Waals surface area contributed by atoms with Gasteiger partial charge in [-0.1, -0.05) is 0 Å². The molecule has 14 heavy (non-hydrogen) atoms. The summed E-state index contributed by atoms with van der Waals surface area (Å²) in [4.78, 5) is 10.9. The van der Waals surface area contributed by atoms with E-state index in [4.69, 9.17) is 25.8 Å². The van der Waals surface area contributed by atoms with Gasteiger partial charge in [-0.3, -0.25) is 4.79 Å². The van der Waals surface area contributed by atoms with Gasteiger partial charge in [-0.05, 0) is 27.7 Å². The Kier molecular flexibility index (Phi) is 3.09. The Morgan fingerprint density at radius 3 is 2.07 bits per heavy atom. The highest BCUT2D eigenvalue weighted by Gasteiger charge is 2.50. The molecule has 0 N–H and O–H groups in total. The summed E-state index contributed by atoms with van der Waals surface area (Å²) in [5, 5.41) is 0. The van der Waals surface area contributed by atoms with Crippen molar-refractivity contribution >= 4 is 17.6 Å². The standard InChI is InChI=1S/C9H15ClO4/c1-8(2)9(3,4)14-7(13-8)12-6(11)5-10/h7H,5H2,1-4H3. The largest absolute Gasteiger partial charge is 0.409 e. The molecular formula is C9H15ClO4. The molecule has 1 saturated heterocycles. The van der Waals surface area contributed by atoms with Crippen LogP contribution in [-0.2, 0) is 19.0 Å². The Bertz CT molecular complexity index is 221. The van der Waals surface area contributed by atoms with Crippen LogP contribution in [0.1, 0.15) is 27.7 Å². The summed E-state index contributed by atoms with van der Waals surface area (Å²) in [5.41, 5.74) is -0.992. The minimum absolute atomic E-state index is 0.204. The molecule has 0 saturated carbocycles. The zero-order chi connectivity index (χ0) is 11.0. The van der Waals surface area contributed by atoms with Gasteiger partial charge in [0.15, 0.2) is 0 Å². The molecule has 1 rings (SSSR count). The predicted molar refractivity (Wildman–Crippen MR) is 50.9 cm³/mol. The number of hydrogen-bond donors (Lipinski definition) is 0. The molecule has 5 heteroatoms. The van der Waals surface area contributed by atoms with Crippen LogP contribution in [0.15, 0.2) is 0 Å². The number of esters is 1. The Morgan fingerprint density at radius 1 is 1.29 bits per heavy atom. The van der Waals surface area contributed by atoms with Gasteiger partial charge < -0.3 is 14.2 Å². The zero-order valence-corrected chi connectivity index (χ0v) is 9.55. The highest BCUT2D eigenvalue weighted by Crippen LogP contribution is 2.38. The molecule has 1 heterocycles. The molecule has 0 amide bonds. The van der Waals surface area contributed by atoms with Gasteiger partial charge in [0.2, 0.25) is 0 Å². The molecule has 0 aliphatic carbocycles. The van der Waals surface area contributed by atoms with Crippen LogP contribution < -0.4 is 0 Å². The van der Waals surface area contributed by atoms with E-state index in [0.29, 0.717) is 0 Å². The third-order valence-corrected chi connectivity index (χ3v) is 2.79. The number of rotatable bonds is 2. The molecule has 0 aromatic heterocycles. The van der Waals surface area contributed by atoms with E-state index in [1.54, 1.807) is 0 Å². The number of hydrogen-bond acceptors (Lipinski definition) is 4. The van der Waals surface area contributed by atoms with Crippen LogP contribution in [0.4, 0.5) is 0 Å². The second-order valence-corrected chi connectivity index (χ2v) is 4.44. The summed E-state index contributed by atoms with van der Waals surface area (Å²) in [6.07, 6.45) is 0. The Morgan fingerprint density at radius 2 is 1.71 bits per heavy atom. The summed E-state index contributed by atoms with van der Waals surface area (Å²) in [6.45, 7) is 6.55. The van der Waals surface area contributed by atoms with E-state index >= 15 is 0 Å². The predicted octanol–water partition coefficient (Wildman–Crippen LogP) is 1.66. The fraction of sp³-hybridized carbons (Fsp3) is 0.889. The van der Waals surface area contributed by atoms with E-state index in [0.717, 1.165) is 0 Å². The van der Waals surface area contributed by atoms with Crippen molar-refractivity contribution in [3.8, 4) is 0 Å². The van der Waals surface area contributed by atoms with Crippen molar-refractivity contribution in [1.82, 2.24) is 0 Å². The van der Waals surface area contributed by atoms with Gasteiger partial charge in [0.25, 0.3) is 0 Å². The van der Waals surface area contributed by atoms with Crippen molar-refractivity contribution < 1.29 is 19.0 Å². The normalized spacial score (nSPS) is 24.9. The van der Waals surface area contributed by atoms with E-state index in [2.05, 4.69) is 0 Å². The Hall–Kier alpha value is -0.320. The van der Waals surface area contributed by atoms with Gasteiger partial charge in [-0.15, -0.1) is 11.6 Å². The highest BCUT2D eigenvalue weighted by molar-refractivity contribution is 6.26. The van der Waals surface area contributed by atoms with Crippen molar-refractivity contribution in [2.45, 2.75) is 45.4 Å². The Labute approximate surface area is 88.5 Å². The number of alkyl halides is 1. The summed E-state index contributed by atoms with van der Waals surface area (Å²) < 4.78 is 15.6. The average molecular weight is 223 g/mol. The highest BCUT2D eigenvalue weighted by atomic mass is 35.5. The maximum Gasteiger partial charge on any atom is 0.324 e. The molecule has 0 aromatic rings. The van der Waals surface area contributed by atoms with Crippen LogP contribution in [0.2, 0.25) is 0 Å². The van der Waals surface area contributed by atoms with E-state index in [1.807, 2.05) is 27.7 Å². The lowest BCUT2D eigenvalue weighted by Gasteiger charge is -2.29. The summed E-state index contributed by atoms with van der Waals surface area (Å²) in [6, 6.07) is 0. The van der Waals surface area contributed by atoms with E-state index in [9.17, 15) is 4.79 Å². The van der Waals surface area contributed by atoms with Crippen LogP contribution in [0.25, 0.3) is 0 Å². The van der Waals surface area contributed by atoms with E-state index in [1.165, 1.54) is 0 Å². The molecule has 0 aromatic carbocycles. The quantitative estimate of drug-likeness (QED) is 0.527. The van der Waals surface area contributed by atoms with Gasteiger partial charge in [-0.2, -0.15) is 0 Å². The minimum atomic E-state index is -0.953. The SMILES string of the molecule is CC1(C)OC(OC(=O)CCl)OC1(C)C. The van der Waals surface area contributed by atoms with Crippen LogP contribution in [0.3, 0.4) is 0 Å². The van der Waals surface area contributed by atoms with Gasteiger partial charge in [-0.25, -0.2) is 0 Å². The van der Waals surface area contributed by atoms with Gasteiger partial charge >= 0.3 is 12.4 Å². The van der Waals surface area contributed by atoms with Crippen LogP contribution >= 0.6 is 11.6 Å². The molecule has 0 radical (unpaired) electrons. The lowest BCUT2D eigenvalue weighted by atomic mass is 9.90. The molecule has 1 aliphatic rings. The lowest BCUT2D eigenvalue weighted by molar-refractivity contribution is -0.243. The van der Waals surface area contributed by atoms with Crippen molar-refractivity contribution in [3.63, 3.8) is 0 Å². The van der Waals surface area contributed by atoms with Crippen molar-refractivity contribution in [1.29, 1.82) is 0 Å². The third-order valence-electron chi connectivity index (χ3n) is 2.57. The maximum atomic E-state index is 10.9. The van der Waals surface area contributed by atoms with Crippen LogP contribution in [0.5, 0.6) is 0 Å². The number of carbonyl (C=O) groups excluding carboxylic acids is 1. The smallest absolute Gasteiger partial charge is 0.324 e. The van der Waals surface area contributed by atoms with Crippen LogP contribution in [0, 0.1) is 0 Å². The first-order valence-electron chi connectivity index (χ1n) is 4.39. The zero-order valence-electron chi connectivity index (χ0n) is 8.80. The summed E-state index contributed by atoms with van der Waals surface area (Å²) >= 11 is 5.29. The first kappa shape index (κ1) is 11.8. The molecule has 4 nitrogen and oxygen atoms in total. The molecule has 0 unspecified atom stereocenters. The summed E-state index contributed by atoms with van der Waals surface area (Å²) in [7, 11) is 0. The number of carbonyl (C=O) groups is 1. The van der Waals surface area contributed by atoms with Crippen molar-refractivity contribution in [2.75, 3.05) is 5.88 Å². The monoisotopic (exact) mass is 222 g/mol. The van der Waals surface area contributed by atoms with Crippen LogP contribution in [-0.4, -0.2) is 29.5 Å². The molecule has 1 fully saturated rings. The average Bonchev–Trinajstić information content (AvgIpc) is 2.20. The first-order valence-corrected chi connectivity index (χ1v) is 4.93. The fourth-order valence-electron chi connectivity index (χ4n) is 0.976.